The number of likely N-dealkylation sites (tertiary alicyclic amines) is 1. The lowest BCUT2D eigenvalue weighted by atomic mass is 9.92. The van der Waals surface area contributed by atoms with Gasteiger partial charge in [-0.25, -0.2) is 8.78 Å². The molecule has 2 N–H and O–H groups in total. The number of carboxylic acids is 1. The Morgan fingerprint density at radius 2 is 1.80 bits per heavy atom. The van der Waals surface area contributed by atoms with Crippen LogP contribution in [-0.2, 0) is 22.2 Å². The van der Waals surface area contributed by atoms with Gasteiger partial charge in [0.15, 0.2) is 0 Å². The van der Waals surface area contributed by atoms with Gasteiger partial charge >= 0.3 is 12.1 Å². The first-order valence-electron chi connectivity index (χ1n) is 15.7. The van der Waals surface area contributed by atoms with Gasteiger partial charge in [0.25, 0.3) is 5.56 Å². The van der Waals surface area contributed by atoms with Gasteiger partial charge in [-0.05, 0) is 84.5 Å². The van der Waals surface area contributed by atoms with Gasteiger partial charge in [0.05, 0.1) is 18.0 Å². The summed E-state index contributed by atoms with van der Waals surface area (Å²) in [7, 11) is 0. The topological polar surface area (TPSA) is 101 Å². The van der Waals surface area contributed by atoms with E-state index in [0.29, 0.717) is 22.9 Å². The van der Waals surface area contributed by atoms with Crippen molar-refractivity contribution >= 4 is 23.5 Å². The quantitative estimate of drug-likeness (QED) is 0.206. The number of carbonyl (C=O) groups excluding carboxylic acids is 1. The van der Waals surface area contributed by atoms with Gasteiger partial charge < -0.3 is 15.2 Å². The van der Waals surface area contributed by atoms with Crippen LogP contribution in [0.4, 0.5) is 22.0 Å². The van der Waals surface area contributed by atoms with Crippen LogP contribution in [0.5, 0.6) is 11.5 Å². The second kappa shape index (κ2) is 13.5. The van der Waals surface area contributed by atoms with E-state index in [9.17, 15) is 37.1 Å². The number of nitrogens with zero attached hydrogens (tertiary/aromatic N) is 2. The molecule has 2 aliphatic rings. The molecule has 0 aliphatic carbocycles. The number of aliphatic carboxylic acids is 1. The second-order valence-corrected chi connectivity index (χ2v) is 13.0. The van der Waals surface area contributed by atoms with Gasteiger partial charge in [0.1, 0.15) is 29.5 Å². The number of amides is 1. The highest BCUT2D eigenvalue weighted by Gasteiger charge is 2.37. The minimum absolute atomic E-state index is 0.0201. The van der Waals surface area contributed by atoms with Crippen molar-refractivity contribution in [2.24, 2.45) is 0 Å². The number of pyridine rings is 1. The van der Waals surface area contributed by atoms with E-state index in [2.05, 4.69) is 5.32 Å². The summed E-state index contributed by atoms with van der Waals surface area (Å²) in [5.41, 5.74) is -0.954. The molecule has 0 radical (unpaired) electrons. The number of hydrogen-bond acceptors (Lipinski definition) is 5. The molecule has 3 heterocycles. The fourth-order valence-electron chi connectivity index (χ4n) is 6.55. The maximum Gasteiger partial charge on any atom is 0.416 e. The molecule has 3 aromatic carbocycles. The number of ether oxygens (including phenoxy) is 1. The Morgan fingerprint density at radius 3 is 2.48 bits per heavy atom. The van der Waals surface area contributed by atoms with Gasteiger partial charge in [-0.3, -0.25) is 23.9 Å². The van der Waals surface area contributed by atoms with Crippen LogP contribution in [0.25, 0.3) is 11.1 Å². The third-order valence-electron chi connectivity index (χ3n) is 8.92. The summed E-state index contributed by atoms with van der Waals surface area (Å²) in [4.78, 5) is 41.6. The van der Waals surface area contributed by atoms with Gasteiger partial charge in [-0.15, -0.1) is 0 Å². The van der Waals surface area contributed by atoms with E-state index in [4.69, 9.17) is 16.3 Å². The predicted molar refractivity (Wildman–Crippen MR) is 175 cm³/mol. The molecule has 14 heteroatoms. The van der Waals surface area contributed by atoms with E-state index >= 15 is 4.39 Å². The number of hydrogen-bond donors (Lipinski definition) is 2. The standard InChI is InChI=1S/C36H31ClF5N3O5/c1-18-4-3-5-29-32(18)21-8-19(2)33(39)26(11-21)28(14-31(47)48)43-35(49)34(22-9-23(37)12-25(10-22)50-29)45-15-20(6-7-44-16-24(38)17-44)27(13-30(45)46)36(40,41)42/h3-5,8-13,15,24,28,34H,6-7,14,16-17H2,1-2H3,(H,43,49)(H,47,48)/t28-,34-/m0/s1. The molecule has 2 aliphatic heterocycles. The lowest BCUT2D eigenvalue weighted by molar-refractivity contribution is -0.139. The van der Waals surface area contributed by atoms with E-state index in [-0.39, 0.29) is 59.1 Å². The number of carboxylic acid groups (broad SMARTS) is 1. The maximum atomic E-state index is 15.9. The minimum atomic E-state index is -4.92. The lowest BCUT2D eigenvalue weighted by Crippen LogP contribution is -2.49. The number of aromatic nitrogens is 1. The van der Waals surface area contributed by atoms with Crippen molar-refractivity contribution in [3.8, 4) is 22.6 Å². The minimum Gasteiger partial charge on any atom is -0.481 e. The zero-order valence-electron chi connectivity index (χ0n) is 26.8. The molecule has 1 aromatic heterocycles. The Hall–Kier alpha value is -4.75. The van der Waals surface area contributed by atoms with Crippen LogP contribution in [0.15, 0.2) is 65.6 Å². The summed E-state index contributed by atoms with van der Waals surface area (Å²) in [5, 5.41) is 12.5. The molecule has 8 nitrogen and oxygen atoms in total. The average Bonchev–Trinajstić information content (AvgIpc) is 3.00. The number of carbonyl (C=O) groups is 2. The third-order valence-corrected chi connectivity index (χ3v) is 9.14. The molecule has 4 aromatic rings. The second-order valence-electron chi connectivity index (χ2n) is 12.6. The Morgan fingerprint density at radius 1 is 1.06 bits per heavy atom. The van der Waals surface area contributed by atoms with Crippen LogP contribution in [0.3, 0.4) is 0 Å². The van der Waals surface area contributed by atoms with Crippen molar-refractivity contribution in [2.45, 2.75) is 51.1 Å². The molecule has 2 atom stereocenters. The largest absolute Gasteiger partial charge is 0.481 e. The summed E-state index contributed by atoms with van der Waals surface area (Å²) >= 11 is 6.51. The van der Waals surface area contributed by atoms with Crippen molar-refractivity contribution in [3.05, 3.63) is 115 Å². The van der Waals surface area contributed by atoms with Gasteiger partial charge in [0, 0.05) is 48.0 Å². The molecule has 0 spiro atoms. The number of aryl methyl sites for hydroxylation is 2. The molecule has 1 amide bonds. The first-order chi connectivity index (χ1) is 23.6. The van der Waals surface area contributed by atoms with Crippen molar-refractivity contribution in [1.82, 2.24) is 14.8 Å². The average molecular weight is 716 g/mol. The van der Waals surface area contributed by atoms with Gasteiger partial charge in [-0.1, -0.05) is 23.7 Å². The monoisotopic (exact) mass is 715 g/mol. The Labute approximate surface area is 288 Å². The Balaban J connectivity index is 1.58. The molecule has 50 heavy (non-hydrogen) atoms. The van der Waals surface area contributed by atoms with Crippen LogP contribution in [0.1, 0.15) is 51.9 Å². The van der Waals surface area contributed by atoms with E-state index in [0.717, 1.165) is 16.3 Å². The van der Waals surface area contributed by atoms with Crippen molar-refractivity contribution < 1.29 is 41.4 Å². The molecule has 1 saturated heterocycles. The summed E-state index contributed by atoms with van der Waals surface area (Å²) in [6, 6.07) is 9.56. The van der Waals surface area contributed by atoms with Gasteiger partial charge in [0.2, 0.25) is 5.91 Å². The zero-order valence-corrected chi connectivity index (χ0v) is 27.5. The summed E-state index contributed by atoms with van der Waals surface area (Å²) < 4.78 is 79.0. The first kappa shape index (κ1) is 35.1. The normalized spacial score (nSPS) is 18.1. The number of fused-ring (bicyclic) bond motifs is 6. The molecular formula is C36H31ClF5N3O5. The van der Waals surface area contributed by atoms with Crippen LogP contribution in [0.2, 0.25) is 5.02 Å². The molecule has 0 saturated carbocycles. The number of alkyl halides is 4. The van der Waals surface area contributed by atoms with Gasteiger partial charge in [-0.2, -0.15) is 13.2 Å². The highest BCUT2D eigenvalue weighted by atomic mass is 35.5. The summed E-state index contributed by atoms with van der Waals surface area (Å²) in [6.45, 7) is 3.47. The van der Waals surface area contributed by atoms with Crippen molar-refractivity contribution in [2.75, 3.05) is 19.6 Å². The van der Waals surface area contributed by atoms with Crippen LogP contribution in [-0.4, -0.2) is 52.3 Å². The van der Waals surface area contributed by atoms with Crippen LogP contribution in [0, 0.1) is 19.7 Å². The third kappa shape index (κ3) is 7.10. The van der Waals surface area contributed by atoms with E-state index in [1.54, 1.807) is 36.1 Å². The molecule has 4 bridgehead atoms. The predicted octanol–water partition coefficient (Wildman–Crippen LogP) is 7.17. The van der Waals surface area contributed by atoms with Crippen LogP contribution >= 0.6 is 11.6 Å². The Bertz CT molecular complexity index is 2060. The van der Waals surface area contributed by atoms with E-state index < -0.39 is 59.7 Å². The fraction of sp³-hybridized carbons (Fsp3) is 0.306. The number of halogens is 6. The molecule has 262 valence electrons. The molecule has 1 fully saturated rings. The number of nitrogens with one attached hydrogen (secondary N) is 1. The highest BCUT2D eigenvalue weighted by Crippen LogP contribution is 2.41. The Kier molecular flexibility index (Phi) is 9.49. The fourth-order valence-corrected chi connectivity index (χ4v) is 6.78. The SMILES string of the molecule is Cc1cc2cc(c1F)[C@H](CC(=O)O)NC(=O)[C@@H](n1cc(CCN3CC(F)C3)c(C(F)(F)F)cc1=O)c1cc(Cl)cc(c1)Oc1cccc(C)c1-2. The van der Waals surface area contributed by atoms with Crippen molar-refractivity contribution in [1.29, 1.82) is 0 Å². The van der Waals surface area contributed by atoms with Crippen LogP contribution < -0.4 is 15.6 Å². The number of rotatable bonds is 6. The highest BCUT2D eigenvalue weighted by molar-refractivity contribution is 6.30. The molecule has 0 unspecified atom stereocenters. The summed E-state index contributed by atoms with van der Waals surface area (Å²) in [5.74, 6) is -2.73. The molecule has 6 rings (SSSR count). The van der Waals surface area contributed by atoms with Crippen molar-refractivity contribution in [3.63, 3.8) is 0 Å². The molecular weight excluding hydrogens is 685 g/mol. The smallest absolute Gasteiger partial charge is 0.416 e. The zero-order chi connectivity index (χ0) is 36.1. The summed E-state index contributed by atoms with van der Waals surface area (Å²) in [6.07, 6.45) is -6.08. The van der Waals surface area contributed by atoms with E-state index in [1.165, 1.54) is 31.2 Å². The van der Waals surface area contributed by atoms with E-state index in [1.807, 2.05) is 0 Å². The lowest BCUT2D eigenvalue weighted by Gasteiger charge is -2.34. The maximum absolute atomic E-state index is 15.9. The first-order valence-corrected chi connectivity index (χ1v) is 16.1. The number of benzene rings is 3.